The van der Waals surface area contributed by atoms with Gasteiger partial charge >= 0.3 is 0 Å². The molecule has 2 aromatic heterocycles. The Bertz CT molecular complexity index is 590. The van der Waals surface area contributed by atoms with Crippen LogP contribution in [0.5, 0.6) is 0 Å². The van der Waals surface area contributed by atoms with Gasteiger partial charge in [0.25, 0.3) is 5.22 Å². The summed E-state index contributed by atoms with van der Waals surface area (Å²) < 4.78 is 27.3. The van der Waals surface area contributed by atoms with Crippen LogP contribution in [0.4, 0.5) is 0 Å². The van der Waals surface area contributed by atoms with Gasteiger partial charge < -0.3 is 4.42 Å². The van der Waals surface area contributed by atoms with Crippen molar-refractivity contribution in [2.75, 3.05) is 17.8 Å². The smallest absolute Gasteiger partial charge is 0.276 e. The zero-order valence-corrected chi connectivity index (χ0v) is 12.1. The predicted octanol–water partition coefficient (Wildman–Crippen LogP) is 1.86. The zero-order chi connectivity index (χ0) is 13.0. The van der Waals surface area contributed by atoms with E-state index in [-0.39, 0.29) is 5.75 Å². The van der Waals surface area contributed by atoms with Gasteiger partial charge in [-0.15, -0.1) is 21.5 Å². The second-order valence-electron chi connectivity index (χ2n) is 3.70. The van der Waals surface area contributed by atoms with E-state index in [0.717, 1.165) is 4.88 Å². The van der Waals surface area contributed by atoms with Crippen LogP contribution in [0.15, 0.2) is 27.2 Å². The molecule has 2 heterocycles. The second-order valence-corrected chi connectivity index (χ2v) is 8.03. The van der Waals surface area contributed by atoms with Crippen LogP contribution in [0.2, 0.25) is 0 Å². The minimum Gasteiger partial charge on any atom is -0.416 e. The Balaban J connectivity index is 1.86. The predicted molar refractivity (Wildman–Crippen MR) is 71.9 cm³/mol. The summed E-state index contributed by atoms with van der Waals surface area (Å²) in [6, 6.07) is 3.98. The van der Waals surface area contributed by atoms with Crippen molar-refractivity contribution in [2.45, 2.75) is 11.6 Å². The molecule has 0 spiro atoms. The van der Waals surface area contributed by atoms with Crippen molar-refractivity contribution in [3.63, 3.8) is 0 Å². The fraction of sp³-hybridized carbons (Fsp3) is 0.400. The highest BCUT2D eigenvalue weighted by molar-refractivity contribution is 8.00. The normalized spacial score (nSPS) is 11.8. The maximum absolute atomic E-state index is 11.0. The van der Waals surface area contributed by atoms with Gasteiger partial charge in [-0.05, 0) is 11.4 Å². The summed E-state index contributed by atoms with van der Waals surface area (Å²) in [5, 5.41) is 10.2. The topological polar surface area (TPSA) is 73.1 Å². The molecule has 0 aromatic carbocycles. The fourth-order valence-electron chi connectivity index (χ4n) is 1.21. The van der Waals surface area contributed by atoms with E-state index in [1.807, 2.05) is 17.5 Å². The van der Waals surface area contributed by atoms with Gasteiger partial charge in [-0.1, -0.05) is 17.8 Å². The summed E-state index contributed by atoms with van der Waals surface area (Å²) in [7, 11) is -2.94. The molecule has 0 bridgehead atoms. The quantitative estimate of drug-likeness (QED) is 0.758. The van der Waals surface area contributed by atoms with Gasteiger partial charge in [-0.3, -0.25) is 0 Å². The lowest BCUT2D eigenvalue weighted by atomic mass is 10.3. The number of hydrogen-bond acceptors (Lipinski definition) is 7. The van der Waals surface area contributed by atoms with Gasteiger partial charge in [-0.25, -0.2) is 8.42 Å². The second kappa shape index (κ2) is 5.85. The lowest BCUT2D eigenvalue weighted by Gasteiger charge is -1.94. The van der Waals surface area contributed by atoms with Crippen molar-refractivity contribution in [3.05, 3.63) is 28.3 Å². The summed E-state index contributed by atoms with van der Waals surface area (Å²) in [5.41, 5.74) is 0. The molecule has 5 nitrogen and oxygen atoms in total. The van der Waals surface area contributed by atoms with Gasteiger partial charge in [0, 0.05) is 16.9 Å². The van der Waals surface area contributed by atoms with Crippen LogP contribution in [0.1, 0.15) is 10.8 Å². The Morgan fingerprint density at radius 1 is 1.44 bits per heavy atom. The molecular weight excluding hydrogens is 292 g/mol. The molecule has 0 aliphatic rings. The Kier molecular flexibility index (Phi) is 4.41. The summed E-state index contributed by atoms with van der Waals surface area (Å²) in [6.07, 6.45) is 1.83. The first-order valence-corrected chi connectivity index (χ1v) is 9.11. The number of sulfone groups is 1. The number of nitrogens with zero attached hydrogens (tertiary/aromatic N) is 2. The number of thiophene rings is 1. The third-order valence-corrected chi connectivity index (χ3v) is 4.93. The first kappa shape index (κ1) is 13.6. The molecule has 0 saturated heterocycles. The van der Waals surface area contributed by atoms with E-state index in [2.05, 4.69) is 10.2 Å². The average molecular weight is 304 g/mol. The van der Waals surface area contributed by atoms with Crippen LogP contribution >= 0.6 is 23.1 Å². The first-order valence-electron chi connectivity index (χ1n) is 5.18. The molecule has 0 N–H and O–H groups in total. The van der Waals surface area contributed by atoms with Crippen molar-refractivity contribution in [2.24, 2.45) is 0 Å². The highest BCUT2D eigenvalue weighted by atomic mass is 32.2. The van der Waals surface area contributed by atoms with Gasteiger partial charge in [0.15, 0.2) is 0 Å². The lowest BCUT2D eigenvalue weighted by Crippen LogP contribution is -2.04. The maximum Gasteiger partial charge on any atom is 0.276 e. The molecule has 0 atom stereocenters. The zero-order valence-electron chi connectivity index (χ0n) is 9.70. The largest absolute Gasteiger partial charge is 0.416 e. The molecule has 0 amide bonds. The summed E-state index contributed by atoms with van der Waals surface area (Å²) in [5.74, 6) is 1.10. The van der Waals surface area contributed by atoms with E-state index >= 15 is 0 Å². The maximum atomic E-state index is 11.0. The van der Waals surface area contributed by atoms with Crippen molar-refractivity contribution < 1.29 is 12.8 Å². The fourth-order valence-corrected chi connectivity index (χ4v) is 3.88. The van der Waals surface area contributed by atoms with Gasteiger partial charge in [-0.2, -0.15) is 0 Å². The van der Waals surface area contributed by atoms with Gasteiger partial charge in [0.2, 0.25) is 5.89 Å². The molecule has 0 unspecified atom stereocenters. The molecule has 0 radical (unpaired) electrons. The van der Waals surface area contributed by atoms with Crippen LogP contribution in [0, 0.1) is 0 Å². The number of thioether (sulfide) groups is 1. The molecule has 98 valence electrons. The van der Waals surface area contributed by atoms with E-state index in [4.69, 9.17) is 4.42 Å². The number of hydrogen-bond donors (Lipinski definition) is 0. The highest BCUT2D eigenvalue weighted by Gasteiger charge is 2.09. The van der Waals surface area contributed by atoms with Crippen LogP contribution in [0.3, 0.4) is 0 Å². The van der Waals surface area contributed by atoms with E-state index in [1.165, 1.54) is 18.0 Å². The van der Waals surface area contributed by atoms with E-state index in [9.17, 15) is 8.42 Å². The summed E-state index contributed by atoms with van der Waals surface area (Å²) in [6.45, 7) is 0. The van der Waals surface area contributed by atoms with Crippen LogP contribution in [-0.2, 0) is 16.3 Å². The van der Waals surface area contributed by atoms with Crippen LogP contribution in [0.25, 0.3) is 0 Å². The minimum absolute atomic E-state index is 0.111. The van der Waals surface area contributed by atoms with Gasteiger partial charge in [0.05, 0.1) is 12.2 Å². The standard InChI is InChI=1S/C10H12N2O3S3/c1-18(13,14)6-5-17-10-12-11-9(15-10)7-8-3-2-4-16-8/h2-4H,5-7H2,1H3. The Morgan fingerprint density at radius 2 is 2.28 bits per heavy atom. The van der Waals surface area contributed by atoms with Crippen molar-refractivity contribution in [1.82, 2.24) is 10.2 Å². The Hall–Kier alpha value is -0.860. The van der Waals surface area contributed by atoms with E-state index in [0.29, 0.717) is 23.3 Å². The number of aromatic nitrogens is 2. The third-order valence-electron chi connectivity index (χ3n) is 2.03. The highest BCUT2D eigenvalue weighted by Crippen LogP contribution is 2.19. The molecule has 0 saturated carbocycles. The van der Waals surface area contributed by atoms with Gasteiger partial charge in [0.1, 0.15) is 9.84 Å². The summed E-state index contributed by atoms with van der Waals surface area (Å²) in [4.78, 5) is 1.16. The third kappa shape index (κ3) is 4.43. The average Bonchev–Trinajstić information content (AvgIpc) is 2.89. The lowest BCUT2D eigenvalue weighted by molar-refractivity contribution is 0.421. The van der Waals surface area contributed by atoms with Crippen LogP contribution in [-0.4, -0.2) is 36.4 Å². The molecule has 8 heteroatoms. The monoisotopic (exact) mass is 304 g/mol. The summed E-state index contributed by atoms with van der Waals surface area (Å²) >= 11 is 2.90. The van der Waals surface area contributed by atoms with Crippen molar-refractivity contribution in [1.29, 1.82) is 0 Å². The molecule has 0 aliphatic heterocycles. The van der Waals surface area contributed by atoms with Crippen LogP contribution < -0.4 is 0 Å². The van der Waals surface area contributed by atoms with E-state index < -0.39 is 9.84 Å². The molecule has 2 rings (SSSR count). The SMILES string of the molecule is CS(=O)(=O)CCSc1nnc(Cc2cccs2)o1. The molecule has 18 heavy (non-hydrogen) atoms. The van der Waals surface area contributed by atoms with Crippen molar-refractivity contribution in [3.8, 4) is 0 Å². The molecule has 0 aliphatic carbocycles. The minimum atomic E-state index is -2.94. The van der Waals surface area contributed by atoms with Crippen molar-refractivity contribution >= 4 is 32.9 Å². The Labute approximate surface area is 114 Å². The number of rotatable bonds is 6. The first-order chi connectivity index (χ1) is 8.53. The van der Waals surface area contributed by atoms with E-state index in [1.54, 1.807) is 11.3 Å². The molecular formula is C10H12N2O3S3. The Morgan fingerprint density at radius 3 is 2.94 bits per heavy atom. The molecule has 2 aromatic rings. The molecule has 0 fully saturated rings.